The molecule has 1 unspecified atom stereocenters. The van der Waals surface area contributed by atoms with Gasteiger partial charge in [-0.05, 0) is 31.2 Å². The molecule has 2 heterocycles. The minimum Gasteiger partial charge on any atom is -0.464 e. The van der Waals surface area contributed by atoms with Gasteiger partial charge in [0.15, 0.2) is 11.9 Å². The molecule has 11 heteroatoms. The van der Waals surface area contributed by atoms with Gasteiger partial charge in [-0.2, -0.15) is 13.2 Å². The van der Waals surface area contributed by atoms with Crippen LogP contribution in [0.5, 0.6) is 0 Å². The summed E-state index contributed by atoms with van der Waals surface area (Å²) in [4.78, 5) is 32.0. The van der Waals surface area contributed by atoms with E-state index in [-0.39, 0.29) is 31.8 Å². The van der Waals surface area contributed by atoms with E-state index in [0.717, 1.165) is 6.07 Å². The molecule has 1 aliphatic rings. The number of carbonyl (C=O) groups is 2. The second-order valence-corrected chi connectivity index (χ2v) is 7.35. The van der Waals surface area contributed by atoms with Crippen molar-refractivity contribution in [3.8, 4) is 0 Å². The largest absolute Gasteiger partial charge is 0.464 e. The molecular formula is C22H25F3N4O4. The molecule has 1 fully saturated rings. The van der Waals surface area contributed by atoms with E-state index in [1.807, 2.05) is 4.90 Å². The van der Waals surface area contributed by atoms with Crippen molar-refractivity contribution in [1.29, 1.82) is 0 Å². The smallest absolute Gasteiger partial charge is 0.417 e. The molecule has 1 aromatic carbocycles. The van der Waals surface area contributed by atoms with Crippen molar-refractivity contribution >= 4 is 23.4 Å². The average Bonchev–Trinajstić information content (AvgIpc) is 2.82. The number of amides is 1. The number of pyridine rings is 1. The van der Waals surface area contributed by atoms with Crippen LogP contribution in [0.1, 0.15) is 22.8 Å². The molecule has 0 aliphatic carbocycles. The predicted molar refractivity (Wildman–Crippen MR) is 115 cm³/mol. The highest BCUT2D eigenvalue weighted by molar-refractivity contribution is 5.96. The van der Waals surface area contributed by atoms with Crippen LogP contribution in [0, 0.1) is 0 Å². The highest BCUT2D eigenvalue weighted by atomic mass is 19.4. The molecule has 1 amide bonds. The number of benzene rings is 1. The monoisotopic (exact) mass is 466 g/mol. The van der Waals surface area contributed by atoms with E-state index in [2.05, 4.69) is 10.3 Å². The molecule has 1 saturated heterocycles. The van der Waals surface area contributed by atoms with E-state index < -0.39 is 29.7 Å². The van der Waals surface area contributed by atoms with Crippen LogP contribution in [0.2, 0.25) is 0 Å². The van der Waals surface area contributed by atoms with Gasteiger partial charge in [0.25, 0.3) is 5.91 Å². The number of piperazine rings is 1. The minimum atomic E-state index is -4.61. The molecule has 178 valence electrons. The van der Waals surface area contributed by atoms with Crippen molar-refractivity contribution in [2.75, 3.05) is 49.5 Å². The number of aliphatic hydroxyl groups excluding tert-OH is 1. The fourth-order valence-corrected chi connectivity index (χ4v) is 3.52. The van der Waals surface area contributed by atoms with Gasteiger partial charge >= 0.3 is 12.1 Å². The van der Waals surface area contributed by atoms with Gasteiger partial charge in [-0.3, -0.25) is 4.79 Å². The van der Waals surface area contributed by atoms with Crippen molar-refractivity contribution in [3.63, 3.8) is 0 Å². The summed E-state index contributed by atoms with van der Waals surface area (Å²) in [5.41, 5.74) is -0.747. The molecule has 1 aromatic heterocycles. The first-order chi connectivity index (χ1) is 15.7. The Kier molecular flexibility index (Phi) is 7.75. The third-order valence-electron chi connectivity index (χ3n) is 5.16. The lowest BCUT2D eigenvalue weighted by atomic mass is 10.1. The molecule has 0 spiro atoms. The quantitative estimate of drug-likeness (QED) is 0.605. The predicted octanol–water partition coefficient (Wildman–Crippen LogP) is 2.40. The van der Waals surface area contributed by atoms with Crippen molar-refractivity contribution in [2.24, 2.45) is 0 Å². The Balaban J connectivity index is 1.65. The van der Waals surface area contributed by atoms with Crippen molar-refractivity contribution in [1.82, 2.24) is 9.88 Å². The third kappa shape index (κ3) is 5.92. The van der Waals surface area contributed by atoms with Gasteiger partial charge in [0.1, 0.15) is 0 Å². The van der Waals surface area contributed by atoms with Crippen molar-refractivity contribution < 1.29 is 32.6 Å². The molecule has 0 bridgehead atoms. The molecule has 2 N–H and O–H groups in total. The summed E-state index contributed by atoms with van der Waals surface area (Å²) in [6.45, 7) is 2.86. The number of nitrogens with zero attached hydrogens (tertiary/aromatic N) is 3. The number of nitrogens with one attached hydrogen (secondary N) is 1. The first kappa shape index (κ1) is 24.3. The number of aliphatic hydroxyl groups is 1. The maximum Gasteiger partial charge on any atom is 0.417 e. The SMILES string of the molecule is CCOC(=O)C(O)CNc1cccnc1N1CCN(C(=O)c2ccccc2C(F)(F)F)CC1. The van der Waals surface area contributed by atoms with Gasteiger partial charge in [-0.1, -0.05) is 12.1 Å². The number of halogens is 3. The molecular weight excluding hydrogens is 441 g/mol. The van der Waals surface area contributed by atoms with Gasteiger partial charge in [0.2, 0.25) is 0 Å². The van der Waals surface area contributed by atoms with Crippen molar-refractivity contribution in [3.05, 3.63) is 53.7 Å². The van der Waals surface area contributed by atoms with Crippen molar-refractivity contribution in [2.45, 2.75) is 19.2 Å². The number of alkyl halides is 3. The van der Waals surface area contributed by atoms with E-state index in [0.29, 0.717) is 24.6 Å². The fraction of sp³-hybridized carbons (Fsp3) is 0.409. The van der Waals surface area contributed by atoms with E-state index in [1.165, 1.54) is 23.1 Å². The number of carbonyl (C=O) groups excluding carboxylic acids is 2. The molecule has 0 radical (unpaired) electrons. The molecule has 2 aromatic rings. The molecule has 1 aliphatic heterocycles. The first-order valence-corrected chi connectivity index (χ1v) is 10.5. The van der Waals surface area contributed by atoms with Gasteiger partial charge < -0.3 is 25.0 Å². The van der Waals surface area contributed by atoms with Gasteiger partial charge in [0.05, 0.1) is 30.0 Å². The summed E-state index contributed by atoms with van der Waals surface area (Å²) >= 11 is 0. The Morgan fingerprint density at radius 1 is 1.15 bits per heavy atom. The maximum atomic E-state index is 13.3. The maximum absolute atomic E-state index is 13.3. The Labute approximate surface area is 189 Å². The topological polar surface area (TPSA) is 95.0 Å². The molecule has 1 atom stereocenters. The second-order valence-electron chi connectivity index (χ2n) is 7.35. The number of esters is 1. The molecule has 3 rings (SSSR count). The third-order valence-corrected chi connectivity index (χ3v) is 5.16. The fourth-order valence-electron chi connectivity index (χ4n) is 3.52. The Morgan fingerprint density at radius 2 is 1.85 bits per heavy atom. The Morgan fingerprint density at radius 3 is 2.52 bits per heavy atom. The number of hydrogen-bond donors (Lipinski definition) is 2. The lowest BCUT2D eigenvalue weighted by Crippen LogP contribution is -2.49. The Hall–Kier alpha value is -3.34. The van der Waals surface area contributed by atoms with Crippen LogP contribution >= 0.6 is 0 Å². The van der Waals surface area contributed by atoms with Crippen LogP contribution < -0.4 is 10.2 Å². The normalized spacial score (nSPS) is 15.2. The zero-order valence-corrected chi connectivity index (χ0v) is 18.0. The Bertz CT molecular complexity index is 978. The summed E-state index contributed by atoms with van der Waals surface area (Å²) in [6, 6.07) is 8.18. The summed E-state index contributed by atoms with van der Waals surface area (Å²) in [7, 11) is 0. The van der Waals surface area contributed by atoms with Crippen LogP contribution in [0.4, 0.5) is 24.7 Å². The standard InChI is InChI=1S/C22H25F3N4O4/c1-2-33-21(32)18(30)14-27-17-8-5-9-26-19(17)28-10-12-29(13-11-28)20(31)15-6-3-4-7-16(15)22(23,24)25/h3-9,18,27,30H,2,10-14H2,1H3. The molecule has 0 saturated carbocycles. The zero-order chi connectivity index (χ0) is 24.0. The lowest BCUT2D eigenvalue weighted by Gasteiger charge is -2.36. The van der Waals surface area contributed by atoms with E-state index in [1.54, 1.807) is 25.3 Å². The lowest BCUT2D eigenvalue weighted by molar-refractivity contribution is -0.152. The number of hydrogen-bond acceptors (Lipinski definition) is 7. The van der Waals surface area contributed by atoms with Gasteiger partial charge in [-0.25, -0.2) is 9.78 Å². The van der Waals surface area contributed by atoms with E-state index in [9.17, 15) is 27.9 Å². The minimum absolute atomic E-state index is 0.0792. The summed E-state index contributed by atoms with van der Waals surface area (Å²) < 4.78 is 44.6. The van der Waals surface area contributed by atoms with Gasteiger partial charge in [0, 0.05) is 32.4 Å². The average molecular weight is 466 g/mol. The summed E-state index contributed by atoms with van der Waals surface area (Å²) in [5, 5.41) is 12.9. The number of ether oxygens (including phenoxy) is 1. The first-order valence-electron chi connectivity index (χ1n) is 10.5. The van der Waals surface area contributed by atoms with Crippen LogP contribution in [0.25, 0.3) is 0 Å². The van der Waals surface area contributed by atoms with E-state index >= 15 is 0 Å². The van der Waals surface area contributed by atoms with Crippen LogP contribution in [0.3, 0.4) is 0 Å². The van der Waals surface area contributed by atoms with Gasteiger partial charge in [-0.15, -0.1) is 0 Å². The molecule has 8 nitrogen and oxygen atoms in total. The highest BCUT2D eigenvalue weighted by Crippen LogP contribution is 2.32. The van der Waals surface area contributed by atoms with Crippen LogP contribution in [-0.2, 0) is 15.7 Å². The number of rotatable bonds is 7. The number of anilines is 2. The number of aromatic nitrogens is 1. The highest BCUT2D eigenvalue weighted by Gasteiger charge is 2.36. The molecule has 33 heavy (non-hydrogen) atoms. The van der Waals surface area contributed by atoms with Crippen LogP contribution in [-0.4, -0.2) is 72.3 Å². The zero-order valence-electron chi connectivity index (χ0n) is 18.0. The summed E-state index contributed by atoms with van der Waals surface area (Å²) in [6.07, 6.45) is -4.38. The van der Waals surface area contributed by atoms with Crippen LogP contribution in [0.15, 0.2) is 42.6 Å². The van der Waals surface area contributed by atoms with E-state index in [4.69, 9.17) is 4.74 Å². The second kappa shape index (κ2) is 10.5. The summed E-state index contributed by atoms with van der Waals surface area (Å²) in [5.74, 6) is -0.849.